The topological polar surface area (TPSA) is 78.0 Å². The number of nitrogens with two attached hydrogens (primary N) is 1. The molecule has 0 aromatic carbocycles. The van der Waals surface area contributed by atoms with Crippen LogP contribution in [0.15, 0.2) is 12.1 Å². The van der Waals surface area contributed by atoms with E-state index >= 15 is 0 Å². The molecular formula is C13H19N5. The molecule has 18 heavy (non-hydrogen) atoms. The summed E-state index contributed by atoms with van der Waals surface area (Å²) >= 11 is 0. The Bertz CT molecular complexity index is 447. The van der Waals surface area contributed by atoms with Crippen LogP contribution in [-0.2, 0) is 0 Å². The Hall–Kier alpha value is -1.80. The fourth-order valence-corrected chi connectivity index (χ4v) is 2.02. The lowest BCUT2D eigenvalue weighted by atomic mass is 10.3. The molecule has 1 aliphatic carbocycles. The van der Waals surface area contributed by atoms with Crippen LogP contribution in [0.2, 0.25) is 0 Å². The molecule has 3 N–H and O–H groups in total. The van der Waals surface area contributed by atoms with E-state index in [2.05, 4.69) is 22.1 Å². The van der Waals surface area contributed by atoms with Gasteiger partial charge in [0.15, 0.2) is 5.69 Å². The van der Waals surface area contributed by atoms with Crippen molar-refractivity contribution in [2.24, 2.45) is 0 Å². The number of likely N-dealkylation sites (N-methyl/N-ethyl adjacent to an activating group) is 1. The first-order valence-corrected chi connectivity index (χ1v) is 6.39. The van der Waals surface area contributed by atoms with Crippen molar-refractivity contribution in [2.45, 2.75) is 25.8 Å². The second kappa shape index (κ2) is 5.69. The molecule has 1 fully saturated rings. The fourth-order valence-electron chi connectivity index (χ4n) is 2.02. The van der Waals surface area contributed by atoms with E-state index < -0.39 is 0 Å². The third-order valence-corrected chi connectivity index (χ3v) is 3.21. The van der Waals surface area contributed by atoms with Gasteiger partial charge in [-0.05, 0) is 31.5 Å². The number of pyridine rings is 1. The summed E-state index contributed by atoms with van der Waals surface area (Å²) in [5, 5.41) is 12.1. The van der Waals surface area contributed by atoms with Crippen LogP contribution in [0.4, 0.5) is 11.5 Å². The molecule has 1 aromatic rings. The Morgan fingerprint density at radius 3 is 2.94 bits per heavy atom. The minimum Gasteiger partial charge on any atom is -0.396 e. The molecule has 0 saturated heterocycles. The molecule has 0 amide bonds. The zero-order valence-electron chi connectivity index (χ0n) is 10.7. The lowest BCUT2D eigenvalue weighted by Crippen LogP contribution is -2.31. The third-order valence-electron chi connectivity index (χ3n) is 3.21. The summed E-state index contributed by atoms with van der Waals surface area (Å²) in [5.41, 5.74) is 6.34. The average Bonchev–Trinajstić information content (AvgIpc) is 3.21. The Morgan fingerprint density at radius 2 is 2.33 bits per heavy atom. The number of nitrogens with one attached hydrogen (secondary N) is 1. The van der Waals surface area contributed by atoms with E-state index in [1.54, 1.807) is 6.07 Å². The molecular weight excluding hydrogens is 226 g/mol. The maximum atomic E-state index is 8.85. The summed E-state index contributed by atoms with van der Waals surface area (Å²) in [6.07, 6.45) is 2.65. The molecule has 0 unspecified atom stereocenters. The molecule has 0 bridgehead atoms. The van der Waals surface area contributed by atoms with Gasteiger partial charge in [-0.3, -0.25) is 4.90 Å². The zero-order chi connectivity index (χ0) is 13.0. The molecule has 0 aliphatic heterocycles. The maximum Gasteiger partial charge on any atom is 0.165 e. The Morgan fingerprint density at radius 1 is 1.56 bits per heavy atom. The first-order valence-electron chi connectivity index (χ1n) is 6.39. The van der Waals surface area contributed by atoms with Gasteiger partial charge in [-0.25, -0.2) is 4.98 Å². The van der Waals surface area contributed by atoms with Gasteiger partial charge in [-0.2, -0.15) is 5.26 Å². The van der Waals surface area contributed by atoms with Crippen LogP contribution in [0.1, 0.15) is 25.5 Å². The first-order chi connectivity index (χ1) is 8.74. The summed E-state index contributed by atoms with van der Waals surface area (Å²) in [6.45, 7) is 5.12. The van der Waals surface area contributed by atoms with E-state index in [9.17, 15) is 0 Å². The Labute approximate surface area is 108 Å². The van der Waals surface area contributed by atoms with E-state index in [-0.39, 0.29) is 5.69 Å². The smallest absolute Gasteiger partial charge is 0.165 e. The van der Waals surface area contributed by atoms with E-state index in [4.69, 9.17) is 11.0 Å². The highest BCUT2D eigenvalue weighted by molar-refractivity contribution is 5.54. The lowest BCUT2D eigenvalue weighted by Gasteiger charge is -2.19. The van der Waals surface area contributed by atoms with Gasteiger partial charge < -0.3 is 11.1 Å². The molecule has 5 nitrogen and oxygen atoms in total. The van der Waals surface area contributed by atoms with Crippen molar-refractivity contribution < 1.29 is 0 Å². The van der Waals surface area contributed by atoms with Crippen molar-refractivity contribution in [3.05, 3.63) is 17.8 Å². The molecule has 5 heteroatoms. The number of hydrogen-bond acceptors (Lipinski definition) is 5. The van der Waals surface area contributed by atoms with Crippen LogP contribution in [0.3, 0.4) is 0 Å². The summed E-state index contributed by atoms with van der Waals surface area (Å²) in [6, 6.07) is 6.29. The summed E-state index contributed by atoms with van der Waals surface area (Å²) in [7, 11) is 0. The molecule has 0 spiro atoms. The van der Waals surface area contributed by atoms with Gasteiger partial charge >= 0.3 is 0 Å². The van der Waals surface area contributed by atoms with Gasteiger partial charge in [0, 0.05) is 19.1 Å². The molecule has 96 valence electrons. The van der Waals surface area contributed by atoms with Crippen molar-refractivity contribution >= 4 is 11.5 Å². The molecule has 2 rings (SSSR count). The van der Waals surface area contributed by atoms with Crippen molar-refractivity contribution in [3.63, 3.8) is 0 Å². The largest absolute Gasteiger partial charge is 0.396 e. The molecule has 0 atom stereocenters. The standard InChI is InChI=1S/C13H19N5/c1-2-18(10-3-4-10)8-7-16-13-6-5-11(15)12(9-14)17-13/h5-6,10H,2-4,7-8,15H2,1H3,(H,16,17). The maximum absolute atomic E-state index is 8.85. The lowest BCUT2D eigenvalue weighted by molar-refractivity contribution is 0.289. The number of nitriles is 1. The molecule has 1 aromatic heterocycles. The summed E-state index contributed by atoms with van der Waals surface area (Å²) in [5.74, 6) is 0.715. The highest BCUT2D eigenvalue weighted by atomic mass is 15.2. The minimum absolute atomic E-state index is 0.287. The van der Waals surface area contributed by atoms with Gasteiger partial charge in [-0.15, -0.1) is 0 Å². The van der Waals surface area contributed by atoms with E-state index in [0.29, 0.717) is 11.5 Å². The van der Waals surface area contributed by atoms with Gasteiger partial charge in [0.2, 0.25) is 0 Å². The Kier molecular flexibility index (Phi) is 4.00. The second-order valence-corrected chi connectivity index (χ2v) is 4.53. The van der Waals surface area contributed by atoms with Gasteiger partial charge in [0.05, 0.1) is 5.69 Å². The van der Waals surface area contributed by atoms with Crippen molar-refractivity contribution in [1.29, 1.82) is 5.26 Å². The minimum atomic E-state index is 0.287. The third kappa shape index (κ3) is 3.11. The molecule has 1 aliphatic rings. The summed E-state index contributed by atoms with van der Waals surface area (Å²) < 4.78 is 0. The van der Waals surface area contributed by atoms with E-state index in [1.807, 2.05) is 12.1 Å². The molecule has 1 heterocycles. The highest BCUT2D eigenvalue weighted by Gasteiger charge is 2.27. The van der Waals surface area contributed by atoms with Gasteiger partial charge in [0.1, 0.15) is 11.9 Å². The number of aromatic nitrogens is 1. The van der Waals surface area contributed by atoms with E-state index in [0.717, 1.165) is 25.7 Å². The molecule has 0 radical (unpaired) electrons. The normalized spacial score (nSPS) is 14.5. The van der Waals surface area contributed by atoms with Crippen LogP contribution in [-0.4, -0.2) is 35.6 Å². The number of anilines is 2. The quantitative estimate of drug-likeness (QED) is 0.792. The van der Waals surface area contributed by atoms with Gasteiger partial charge in [-0.1, -0.05) is 6.92 Å². The molecule has 1 saturated carbocycles. The SMILES string of the molecule is CCN(CCNc1ccc(N)c(C#N)n1)C1CC1. The van der Waals surface area contributed by atoms with Gasteiger partial charge in [0.25, 0.3) is 0 Å². The number of rotatable bonds is 6. The predicted octanol–water partition coefficient (Wildman–Crippen LogP) is 1.43. The van der Waals surface area contributed by atoms with Crippen molar-refractivity contribution in [2.75, 3.05) is 30.7 Å². The predicted molar refractivity (Wildman–Crippen MR) is 72.1 cm³/mol. The van der Waals surface area contributed by atoms with E-state index in [1.165, 1.54) is 12.8 Å². The monoisotopic (exact) mass is 245 g/mol. The number of nitrogen functional groups attached to an aromatic ring is 1. The van der Waals surface area contributed by atoms with Crippen LogP contribution in [0.5, 0.6) is 0 Å². The van der Waals surface area contributed by atoms with Crippen LogP contribution >= 0.6 is 0 Å². The highest BCUT2D eigenvalue weighted by Crippen LogP contribution is 2.25. The van der Waals surface area contributed by atoms with Crippen molar-refractivity contribution in [3.8, 4) is 6.07 Å². The van der Waals surface area contributed by atoms with Crippen LogP contribution < -0.4 is 11.1 Å². The van der Waals surface area contributed by atoms with Crippen LogP contribution in [0.25, 0.3) is 0 Å². The number of hydrogen-bond donors (Lipinski definition) is 2. The summed E-state index contributed by atoms with van der Waals surface area (Å²) in [4.78, 5) is 6.63. The van der Waals surface area contributed by atoms with Crippen LogP contribution in [0, 0.1) is 11.3 Å². The first kappa shape index (κ1) is 12.7. The fraction of sp³-hybridized carbons (Fsp3) is 0.538. The Balaban J connectivity index is 1.84. The zero-order valence-corrected chi connectivity index (χ0v) is 10.7. The number of nitrogens with zero attached hydrogens (tertiary/aromatic N) is 3. The second-order valence-electron chi connectivity index (χ2n) is 4.53. The van der Waals surface area contributed by atoms with Crippen molar-refractivity contribution in [1.82, 2.24) is 9.88 Å². The average molecular weight is 245 g/mol.